The monoisotopic (exact) mass is 443 g/mol. The van der Waals surface area contributed by atoms with E-state index in [1.165, 1.54) is 17.3 Å². The number of anilines is 1. The molecule has 1 atom stereocenters. The van der Waals surface area contributed by atoms with Crippen LogP contribution in [0.3, 0.4) is 0 Å². The molecule has 1 aliphatic rings. The van der Waals surface area contributed by atoms with Crippen LogP contribution in [-0.2, 0) is 22.7 Å². The molecule has 7 nitrogen and oxygen atoms in total. The molecule has 8 heteroatoms. The summed E-state index contributed by atoms with van der Waals surface area (Å²) in [5, 5.41) is 12.2. The first-order valence-corrected chi connectivity index (χ1v) is 12.2. The van der Waals surface area contributed by atoms with Crippen LogP contribution in [-0.4, -0.2) is 43.8 Å². The van der Waals surface area contributed by atoms with Gasteiger partial charge >= 0.3 is 0 Å². The van der Waals surface area contributed by atoms with E-state index in [-0.39, 0.29) is 17.6 Å². The van der Waals surface area contributed by atoms with Gasteiger partial charge in [-0.1, -0.05) is 44.2 Å². The molecule has 31 heavy (non-hydrogen) atoms. The SMILES string of the molecule is CCC(C)c1ccc(NC(=O)CSc2nnc(CN3CCCCCC3=O)n2CC)cc1. The molecule has 1 N–H and O–H groups in total. The van der Waals surface area contributed by atoms with Crippen LogP contribution in [0.2, 0.25) is 0 Å². The maximum absolute atomic E-state index is 12.4. The molecule has 2 heterocycles. The van der Waals surface area contributed by atoms with Gasteiger partial charge in [0, 0.05) is 25.2 Å². The van der Waals surface area contributed by atoms with Crippen molar-refractivity contribution in [1.29, 1.82) is 0 Å². The zero-order valence-electron chi connectivity index (χ0n) is 18.8. The lowest BCUT2D eigenvalue weighted by atomic mass is 9.99. The van der Waals surface area contributed by atoms with Crippen LogP contribution in [0.4, 0.5) is 5.69 Å². The second-order valence-corrected chi connectivity index (χ2v) is 8.98. The van der Waals surface area contributed by atoms with E-state index in [2.05, 4.69) is 41.5 Å². The Morgan fingerprint density at radius 2 is 1.94 bits per heavy atom. The minimum atomic E-state index is -0.0730. The maximum atomic E-state index is 12.4. The predicted molar refractivity (Wildman–Crippen MR) is 124 cm³/mol. The third kappa shape index (κ3) is 6.32. The first-order chi connectivity index (χ1) is 15.0. The third-order valence-electron chi connectivity index (χ3n) is 5.82. The van der Waals surface area contributed by atoms with Gasteiger partial charge in [0.15, 0.2) is 11.0 Å². The summed E-state index contributed by atoms with van der Waals surface area (Å²) in [6.45, 7) is 8.35. The maximum Gasteiger partial charge on any atom is 0.234 e. The lowest BCUT2D eigenvalue weighted by molar-refractivity contribution is -0.131. The number of carbonyl (C=O) groups excluding carboxylic acids is 2. The molecule has 0 aliphatic carbocycles. The first-order valence-electron chi connectivity index (χ1n) is 11.2. The molecule has 3 rings (SSSR count). The molecule has 0 saturated carbocycles. The van der Waals surface area contributed by atoms with Crippen molar-refractivity contribution in [2.24, 2.45) is 0 Å². The number of hydrogen-bond donors (Lipinski definition) is 1. The minimum Gasteiger partial charge on any atom is -0.335 e. The summed E-state index contributed by atoms with van der Waals surface area (Å²) in [6, 6.07) is 8.05. The zero-order valence-corrected chi connectivity index (χ0v) is 19.6. The highest BCUT2D eigenvalue weighted by atomic mass is 32.2. The van der Waals surface area contributed by atoms with Gasteiger partial charge in [-0.05, 0) is 49.8 Å². The van der Waals surface area contributed by atoms with Crippen molar-refractivity contribution in [3.05, 3.63) is 35.7 Å². The van der Waals surface area contributed by atoms with Crippen LogP contribution in [0, 0.1) is 0 Å². The summed E-state index contributed by atoms with van der Waals surface area (Å²) < 4.78 is 2.00. The zero-order chi connectivity index (χ0) is 22.2. The summed E-state index contributed by atoms with van der Waals surface area (Å²) in [7, 11) is 0. The third-order valence-corrected chi connectivity index (χ3v) is 6.79. The van der Waals surface area contributed by atoms with E-state index in [0.717, 1.165) is 43.7 Å². The normalized spacial score (nSPS) is 15.6. The van der Waals surface area contributed by atoms with Gasteiger partial charge in [0.25, 0.3) is 0 Å². The summed E-state index contributed by atoms with van der Waals surface area (Å²) in [4.78, 5) is 26.6. The molecule has 1 fully saturated rings. The molecule has 168 valence electrons. The fourth-order valence-corrected chi connectivity index (χ4v) is 4.52. The highest BCUT2D eigenvalue weighted by Crippen LogP contribution is 2.22. The van der Waals surface area contributed by atoms with E-state index in [9.17, 15) is 9.59 Å². The number of rotatable bonds is 9. The molecule has 0 radical (unpaired) electrons. The van der Waals surface area contributed by atoms with E-state index < -0.39 is 0 Å². The molecule has 1 saturated heterocycles. The molecule has 2 aromatic rings. The number of aromatic nitrogens is 3. The highest BCUT2D eigenvalue weighted by molar-refractivity contribution is 7.99. The largest absolute Gasteiger partial charge is 0.335 e. The second kappa shape index (κ2) is 11.3. The van der Waals surface area contributed by atoms with Gasteiger partial charge in [-0.15, -0.1) is 10.2 Å². The van der Waals surface area contributed by atoms with Crippen molar-refractivity contribution in [3.8, 4) is 0 Å². The number of nitrogens with zero attached hydrogens (tertiary/aromatic N) is 4. The standard InChI is InChI=1S/C23H33N5O2S/c1-4-17(3)18-10-12-19(13-11-18)24-21(29)16-31-23-26-25-20(28(23)5-2)15-27-14-8-6-7-9-22(27)30/h10-13,17H,4-9,14-16H2,1-3H3,(H,24,29). The molecular weight excluding hydrogens is 410 g/mol. The predicted octanol–water partition coefficient (Wildman–Crippen LogP) is 4.44. The number of nitrogens with one attached hydrogen (secondary N) is 1. The molecule has 1 aliphatic heterocycles. The number of hydrogen-bond acceptors (Lipinski definition) is 5. The van der Waals surface area contributed by atoms with Crippen molar-refractivity contribution in [2.45, 2.75) is 77.0 Å². The Morgan fingerprint density at radius 1 is 1.16 bits per heavy atom. The fraction of sp³-hybridized carbons (Fsp3) is 0.565. The van der Waals surface area contributed by atoms with E-state index in [1.807, 2.05) is 28.5 Å². The Hall–Kier alpha value is -2.35. The number of benzene rings is 1. The first kappa shape index (κ1) is 23.3. The fourth-order valence-electron chi connectivity index (χ4n) is 3.69. The van der Waals surface area contributed by atoms with Crippen LogP contribution in [0.25, 0.3) is 0 Å². The smallest absolute Gasteiger partial charge is 0.234 e. The molecule has 1 aromatic heterocycles. The molecule has 2 amide bonds. The Labute approximate surface area is 189 Å². The van der Waals surface area contributed by atoms with Crippen LogP contribution in [0.5, 0.6) is 0 Å². The van der Waals surface area contributed by atoms with Crippen LogP contribution < -0.4 is 5.32 Å². The van der Waals surface area contributed by atoms with Crippen molar-refractivity contribution in [3.63, 3.8) is 0 Å². The van der Waals surface area contributed by atoms with Crippen molar-refractivity contribution < 1.29 is 9.59 Å². The van der Waals surface area contributed by atoms with Crippen molar-refractivity contribution in [1.82, 2.24) is 19.7 Å². The van der Waals surface area contributed by atoms with Gasteiger partial charge in [0.1, 0.15) is 0 Å². The summed E-state index contributed by atoms with van der Waals surface area (Å²) in [5.41, 5.74) is 2.08. The Balaban J connectivity index is 1.56. The quantitative estimate of drug-likeness (QED) is 0.580. The average molecular weight is 444 g/mol. The van der Waals surface area contributed by atoms with Crippen LogP contribution in [0.15, 0.2) is 29.4 Å². The second-order valence-electron chi connectivity index (χ2n) is 8.04. The molecule has 1 aromatic carbocycles. The topological polar surface area (TPSA) is 80.1 Å². The molecule has 1 unspecified atom stereocenters. The van der Waals surface area contributed by atoms with Crippen molar-refractivity contribution >= 4 is 29.3 Å². The van der Waals surface area contributed by atoms with E-state index in [4.69, 9.17) is 0 Å². The van der Waals surface area contributed by atoms with Crippen molar-refractivity contribution in [2.75, 3.05) is 17.6 Å². The van der Waals surface area contributed by atoms with Gasteiger partial charge in [0.05, 0.1) is 12.3 Å². The Bertz CT molecular complexity index is 881. The van der Waals surface area contributed by atoms with Gasteiger partial charge in [-0.3, -0.25) is 9.59 Å². The molecule has 0 spiro atoms. The number of amides is 2. The Morgan fingerprint density at radius 3 is 2.65 bits per heavy atom. The number of likely N-dealkylation sites (tertiary alicyclic amines) is 1. The van der Waals surface area contributed by atoms with Gasteiger partial charge in [-0.2, -0.15) is 0 Å². The lowest BCUT2D eigenvalue weighted by Crippen LogP contribution is -2.31. The number of carbonyl (C=O) groups is 2. The summed E-state index contributed by atoms with van der Waals surface area (Å²) in [5.74, 6) is 1.67. The van der Waals surface area contributed by atoms with Gasteiger partial charge in [0.2, 0.25) is 11.8 Å². The van der Waals surface area contributed by atoms with Crippen LogP contribution in [0.1, 0.15) is 70.2 Å². The minimum absolute atomic E-state index is 0.0730. The van der Waals surface area contributed by atoms with E-state index in [1.54, 1.807) is 0 Å². The number of thioether (sulfide) groups is 1. The summed E-state index contributed by atoms with van der Waals surface area (Å²) in [6.07, 6.45) is 4.80. The van der Waals surface area contributed by atoms with E-state index >= 15 is 0 Å². The molecular formula is C23H33N5O2S. The lowest BCUT2D eigenvalue weighted by Gasteiger charge is -2.20. The average Bonchev–Trinajstić information content (AvgIpc) is 3.05. The highest BCUT2D eigenvalue weighted by Gasteiger charge is 2.21. The van der Waals surface area contributed by atoms with Gasteiger partial charge in [-0.25, -0.2) is 0 Å². The van der Waals surface area contributed by atoms with E-state index in [0.29, 0.717) is 30.6 Å². The molecule has 0 bridgehead atoms. The van der Waals surface area contributed by atoms with Gasteiger partial charge < -0.3 is 14.8 Å². The Kier molecular flexibility index (Phi) is 8.51. The summed E-state index contributed by atoms with van der Waals surface area (Å²) >= 11 is 1.37. The van der Waals surface area contributed by atoms with Crippen LogP contribution >= 0.6 is 11.8 Å².